The summed E-state index contributed by atoms with van der Waals surface area (Å²) in [6.45, 7) is 5.51. The minimum Gasteiger partial charge on any atom is -0.486 e. The number of aromatic nitrogens is 2. The summed E-state index contributed by atoms with van der Waals surface area (Å²) in [5.41, 5.74) is 1.18. The van der Waals surface area contributed by atoms with Gasteiger partial charge in [0.05, 0.1) is 17.5 Å². The first-order valence-corrected chi connectivity index (χ1v) is 10.8. The highest BCUT2D eigenvalue weighted by atomic mass is 16.6. The quantitative estimate of drug-likeness (QED) is 0.647. The maximum absolute atomic E-state index is 13.7. The number of hydrogen-bond acceptors (Lipinski definition) is 5. The molecule has 0 bridgehead atoms. The number of rotatable bonds is 3. The first-order chi connectivity index (χ1) is 15.0. The molecule has 5 rings (SSSR count). The predicted molar refractivity (Wildman–Crippen MR) is 117 cm³/mol. The Hall–Kier alpha value is -3.35. The van der Waals surface area contributed by atoms with Crippen molar-refractivity contribution in [2.24, 2.45) is 0 Å². The van der Waals surface area contributed by atoms with Crippen molar-refractivity contribution in [3.8, 4) is 11.5 Å². The van der Waals surface area contributed by atoms with E-state index in [-0.39, 0.29) is 23.6 Å². The minimum atomic E-state index is -0.174. The van der Waals surface area contributed by atoms with Crippen LogP contribution >= 0.6 is 0 Å². The number of ether oxygens (including phenoxy) is 2. The molecule has 1 amide bonds. The van der Waals surface area contributed by atoms with Crippen LogP contribution in [0, 0.1) is 0 Å². The lowest BCUT2D eigenvalue weighted by atomic mass is 10.0. The third-order valence-electron chi connectivity index (χ3n) is 5.98. The smallest absolute Gasteiger partial charge is 0.275 e. The maximum atomic E-state index is 13.7. The van der Waals surface area contributed by atoms with E-state index < -0.39 is 0 Å². The number of fused-ring (bicyclic) bond motifs is 2. The molecule has 2 aliphatic rings. The van der Waals surface area contributed by atoms with Gasteiger partial charge in [0.25, 0.3) is 11.5 Å². The van der Waals surface area contributed by atoms with E-state index in [1.54, 1.807) is 12.1 Å². The molecule has 0 spiro atoms. The normalized spacial score (nSPS) is 18.0. The van der Waals surface area contributed by atoms with Crippen LogP contribution in [0.25, 0.3) is 10.8 Å². The summed E-state index contributed by atoms with van der Waals surface area (Å²) < 4.78 is 12.8. The number of benzene rings is 2. The molecule has 3 heterocycles. The Bertz CT molecular complexity index is 1220. The van der Waals surface area contributed by atoms with Crippen molar-refractivity contribution in [3.05, 3.63) is 64.1 Å². The first-order valence-electron chi connectivity index (χ1n) is 10.8. The van der Waals surface area contributed by atoms with Crippen LogP contribution in [0.4, 0.5) is 0 Å². The van der Waals surface area contributed by atoms with Gasteiger partial charge in [0.15, 0.2) is 17.2 Å². The Kier molecular flexibility index (Phi) is 4.88. The Morgan fingerprint density at radius 1 is 1.06 bits per heavy atom. The third-order valence-corrected chi connectivity index (χ3v) is 5.98. The molecule has 1 atom stereocenters. The summed E-state index contributed by atoms with van der Waals surface area (Å²) >= 11 is 0. The van der Waals surface area contributed by atoms with Gasteiger partial charge in [-0.15, -0.1) is 0 Å². The fourth-order valence-corrected chi connectivity index (χ4v) is 4.47. The number of likely N-dealkylation sites (tertiary alicyclic amines) is 1. The van der Waals surface area contributed by atoms with Gasteiger partial charge in [-0.2, -0.15) is 5.10 Å². The van der Waals surface area contributed by atoms with E-state index in [0.29, 0.717) is 36.2 Å². The molecular weight excluding hydrogens is 394 g/mol. The highest BCUT2D eigenvalue weighted by molar-refractivity contribution is 6.05. The molecule has 2 aliphatic heterocycles. The Balaban J connectivity index is 1.56. The average Bonchev–Trinajstić information content (AvgIpc) is 3.28. The van der Waals surface area contributed by atoms with E-state index in [4.69, 9.17) is 9.47 Å². The molecule has 7 nitrogen and oxygen atoms in total. The van der Waals surface area contributed by atoms with Crippen molar-refractivity contribution in [3.63, 3.8) is 0 Å². The van der Waals surface area contributed by atoms with Crippen molar-refractivity contribution in [1.82, 2.24) is 14.7 Å². The van der Waals surface area contributed by atoms with Crippen molar-refractivity contribution < 1.29 is 14.3 Å². The van der Waals surface area contributed by atoms with Gasteiger partial charge in [0.2, 0.25) is 0 Å². The van der Waals surface area contributed by atoms with Crippen LogP contribution in [0.5, 0.6) is 11.5 Å². The Morgan fingerprint density at radius 2 is 1.81 bits per heavy atom. The highest BCUT2D eigenvalue weighted by Crippen LogP contribution is 2.38. The van der Waals surface area contributed by atoms with Crippen LogP contribution < -0.4 is 15.0 Å². The van der Waals surface area contributed by atoms with E-state index in [2.05, 4.69) is 5.10 Å². The van der Waals surface area contributed by atoms with Crippen LogP contribution in [0.2, 0.25) is 0 Å². The van der Waals surface area contributed by atoms with Gasteiger partial charge in [-0.25, -0.2) is 4.68 Å². The van der Waals surface area contributed by atoms with Crippen molar-refractivity contribution >= 4 is 16.7 Å². The van der Waals surface area contributed by atoms with Gasteiger partial charge in [-0.1, -0.05) is 24.3 Å². The van der Waals surface area contributed by atoms with Crippen LogP contribution in [0.3, 0.4) is 0 Å². The summed E-state index contributed by atoms with van der Waals surface area (Å²) in [4.78, 5) is 28.4. The van der Waals surface area contributed by atoms with Gasteiger partial charge in [0, 0.05) is 11.9 Å². The van der Waals surface area contributed by atoms with E-state index in [0.717, 1.165) is 29.9 Å². The molecule has 1 unspecified atom stereocenters. The average molecular weight is 419 g/mol. The molecule has 0 saturated carbocycles. The van der Waals surface area contributed by atoms with Crippen LogP contribution in [0.1, 0.15) is 54.8 Å². The molecular formula is C24H25N3O4. The predicted octanol–water partition coefficient (Wildman–Crippen LogP) is 3.73. The van der Waals surface area contributed by atoms with Crippen LogP contribution in [0.15, 0.2) is 47.3 Å². The highest BCUT2D eigenvalue weighted by Gasteiger charge is 2.33. The fourth-order valence-electron chi connectivity index (χ4n) is 4.47. The number of carbonyl (C=O) groups is 1. The van der Waals surface area contributed by atoms with Gasteiger partial charge in [-0.3, -0.25) is 9.59 Å². The summed E-state index contributed by atoms with van der Waals surface area (Å²) in [5, 5.41) is 5.63. The van der Waals surface area contributed by atoms with E-state index in [9.17, 15) is 9.59 Å². The van der Waals surface area contributed by atoms with Crippen LogP contribution in [-0.2, 0) is 0 Å². The largest absolute Gasteiger partial charge is 0.486 e. The monoisotopic (exact) mass is 419 g/mol. The topological polar surface area (TPSA) is 73.7 Å². The minimum absolute atomic E-state index is 0.0664. The number of amides is 1. The molecule has 0 radical (unpaired) electrons. The second-order valence-electron chi connectivity index (χ2n) is 8.30. The standard InChI is InChI=1S/C24H25N3O4/c1-15(2)27-23(28)18-7-4-3-6-17(18)22(25-27)24(29)26-11-5-8-19(26)16-9-10-20-21(14-16)31-13-12-30-20/h3-4,6-7,9-10,14-15,19H,5,8,11-13H2,1-2H3. The van der Waals surface area contributed by atoms with E-state index in [1.807, 2.05) is 49.1 Å². The fraction of sp³-hybridized carbons (Fsp3) is 0.375. The van der Waals surface area contributed by atoms with Gasteiger partial charge >= 0.3 is 0 Å². The van der Waals surface area contributed by atoms with E-state index in [1.165, 1.54) is 4.68 Å². The Labute approximate surface area is 180 Å². The number of hydrogen-bond donors (Lipinski definition) is 0. The molecule has 0 N–H and O–H groups in total. The first kappa shape index (κ1) is 19.6. The second-order valence-corrected chi connectivity index (χ2v) is 8.30. The van der Waals surface area contributed by atoms with Gasteiger partial charge in [-0.05, 0) is 50.5 Å². The molecule has 31 heavy (non-hydrogen) atoms. The molecule has 160 valence electrons. The van der Waals surface area contributed by atoms with Crippen molar-refractivity contribution in [2.45, 2.75) is 38.8 Å². The summed E-state index contributed by atoms with van der Waals surface area (Å²) in [7, 11) is 0. The van der Waals surface area contributed by atoms with Crippen LogP contribution in [-0.4, -0.2) is 40.3 Å². The molecule has 1 saturated heterocycles. The van der Waals surface area contributed by atoms with Gasteiger partial charge < -0.3 is 14.4 Å². The zero-order chi connectivity index (χ0) is 21.5. The molecule has 2 aromatic carbocycles. The SMILES string of the molecule is CC(C)n1nc(C(=O)N2CCCC2c2ccc3c(c2)OCCO3)c2ccccc2c1=O. The number of carbonyl (C=O) groups excluding carboxylic acids is 1. The Morgan fingerprint density at radius 3 is 2.58 bits per heavy atom. The molecule has 3 aromatic rings. The zero-order valence-corrected chi connectivity index (χ0v) is 17.7. The van der Waals surface area contributed by atoms with Crippen molar-refractivity contribution in [1.29, 1.82) is 0 Å². The lowest BCUT2D eigenvalue weighted by Gasteiger charge is -2.27. The van der Waals surface area contributed by atoms with Gasteiger partial charge in [0.1, 0.15) is 13.2 Å². The second kappa shape index (κ2) is 7.72. The molecule has 1 aromatic heterocycles. The summed E-state index contributed by atoms with van der Waals surface area (Å²) in [5.74, 6) is 1.31. The summed E-state index contributed by atoms with van der Waals surface area (Å²) in [6, 6.07) is 12.9. The maximum Gasteiger partial charge on any atom is 0.275 e. The third kappa shape index (κ3) is 3.34. The lowest BCUT2D eigenvalue weighted by molar-refractivity contribution is 0.0728. The van der Waals surface area contributed by atoms with E-state index >= 15 is 0 Å². The molecule has 7 heteroatoms. The zero-order valence-electron chi connectivity index (χ0n) is 17.7. The molecule has 0 aliphatic carbocycles. The molecule has 1 fully saturated rings. The lowest BCUT2D eigenvalue weighted by Crippen LogP contribution is -2.34. The number of nitrogens with zero attached hydrogens (tertiary/aromatic N) is 3. The van der Waals surface area contributed by atoms with Crippen molar-refractivity contribution in [2.75, 3.05) is 19.8 Å². The summed E-state index contributed by atoms with van der Waals surface area (Å²) in [6.07, 6.45) is 1.78.